The maximum absolute atomic E-state index is 11.1. The number of nitrogens with two attached hydrogens (primary N) is 1. The average molecular weight is 324 g/mol. The van der Waals surface area contributed by atoms with Gasteiger partial charge in [-0.1, -0.05) is 12.1 Å². The molecule has 2 aliphatic heterocycles. The molecular formula is C15H24N4O4. The smallest absolute Gasteiger partial charge is 0.290 e. The molecule has 1 aromatic rings. The van der Waals surface area contributed by atoms with Crippen molar-refractivity contribution in [3.05, 3.63) is 11.7 Å². The highest BCUT2D eigenvalue weighted by Crippen LogP contribution is 2.39. The molecule has 2 aliphatic rings. The van der Waals surface area contributed by atoms with Crippen molar-refractivity contribution >= 4 is 5.91 Å². The van der Waals surface area contributed by atoms with Gasteiger partial charge in [0.25, 0.3) is 11.7 Å². The molecule has 23 heavy (non-hydrogen) atoms. The van der Waals surface area contributed by atoms with Gasteiger partial charge in [-0.05, 0) is 31.1 Å². The van der Waals surface area contributed by atoms with Gasteiger partial charge in [0.05, 0.1) is 12.1 Å². The number of nitrogens with zero attached hydrogens (tertiary/aromatic N) is 3. The highest BCUT2D eigenvalue weighted by molar-refractivity contribution is 5.88. The Morgan fingerprint density at radius 1 is 1.48 bits per heavy atom. The Balaban J connectivity index is 1.60. The Kier molecular flexibility index (Phi) is 4.65. The van der Waals surface area contributed by atoms with Crippen LogP contribution in [0.2, 0.25) is 0 Å². The van der Waals surface area contributed by atoms with Crippen LogP contribution in [0.15, 0.2) is 4.52 Å². The maximum Gasteiger partial charge on any atom is 0.290 e. The second-order valence-corrected chi connectivity index (χ2v) is 6.64. The molecule has 0 aliphatic carbocycles. The molecule has 2 saturated heterocycles. The lowest BCUT2D eigenvalue weighted by Crippen LogP contribution is -2.55. The third-order valence-corrected chi connectivity index (χ3v) is 5.19. The van der Waals surface area contributed by atoms with Gasteiger partial charge in [0.1, 0.15) is 0 Å². The Morgan fingerprint density at radius 2 is 2.22 bits per heavy atom. The first-order valence-electron chi connectivity index (χ1n) is 8.14. The van der Waals surface area contributed by atoms with Crippen LogP contribution in [0.4, 0.5) is 0 Å². The van der Waals surface area contributed by atoms with Crippen LogP contribution < -0.4 is 5.73 Å². The first-order valence-corrected chi connectivity index (χ1v) is 8.14. The fraction of sp³-hybridized carbons (Fsp3) is 0.800. The number of aliphatic hydroxyl groups is 1. The molecule has 1 aromatic heterocycles. The Morgan fingerprint density at radius 3 is 2.83 bits per heavy atom. The SMILES string of the molecule is C[C@@H]1CN(Cc2nc(C(N)=O)no2)CC[C@@]1(O)C1CCOCC1. The lowest BCUT2D eigenvalue weighted by atomic mass is 9.70. The molecule has 3 rings (SSSR count). The van der Waals surface area contributed by atoms with Gasteiger partial charge in [-0.3, -0.25) is 9.69 Å². The Hall–Kier alpha value is -1.51. The number of carbonyl (C=O) groups is 1. The van der Waals surface area contributed by atoms with Gasteiger partial charge >= 0.3 is 0 Å². The molecule has 0 unspecified atom stereocenters. The van der Waals surface area contributed by atoms with E-state index in [0.29, 0.717) is 18.4 Å². The van der Waals surface area contributed by atoms with E-state index >= 15 is 0 Å². The van der Waals surface area contributed by atoms with Crippen molar-refractivity contribution in [3.63, 3.8) is 0 Å². The van der Waals surface area contributed by atoms with Crippen molar-refractivity contribution in [1.82, 2.24) is 15.0 Å². The summed E-state index contributed by atoms with van der Waals surface area (Å²) in [7, 11) is 0. The number of piperidine rings is 1. The number of primary amides is 1. The lowest BCUT2D eigenvalue weighted by Gasteiger charge is -2.48. The van der Waals surface area contributed by atoms with Crippen LogP contribution in [0.5, 0.6) is 0 Å². The van der Waals surface area contributed by atoms with Crippen molar-refractivity contribution in [2.45, 2.75) is 38.3 Å². The Labute approximate surface area is 135 Å². The summed E-state index contributed by atoms with van der Waals surface area (Å²) in [6.45, 7) is 5.54. The average Bonchev–Trinajstić information content (AvgIpc) is 3.01. The van der Waals surface area contributed by atoms with Crippen molar-refractivity contribution in [2.24, 2.45) is 17.6 Å². The van der Waals surface area contributed by atoms with Gasteiger partial charge in [-0.25, -0.2) is 0 Å². The van der Waals surface area contributed by atoms with Crippen LogP contribution in [0.1, 0.15) is 42.7 Å². The summed E-state index contributed by atoms with van der Waals surface area (Å²) in [4.78, 5) is 17.1. The number of rotatable bonds is 4. The van der Waals surface area contributed by atoms with Crippen molar-refractivity contribution < 1.29 is 19.2 Å². The van der Waals surface area contributed by atoms with E-state index in [9.17, 15) is 9.90 Å². The maximum atomic E-state index is 11.1. The summed E-state index contributed by atoms with van der Waals surface area (Å²) in [6.07, 6.45) is 2.56. The van der Waals surface area contributed by atoms with Crippen LogP contribution in [0.25, 0.3) is 0 Å². The molecular weight excluding hydrogens is 300 g/mol. The van der Waals surface area contributed by atoms with Crippen LogP contribution in [-0.4, -0.2) is 58.0 Å². The van der Waals surface area contributed by atoms with E-state index in [-0.39, 0.29) is 11.7 Å². The number of aromatic nitrogens is 2. The first kappa shape index (κ1) is 16.4. The largest absolute Gasteiger partial charge is 0.389 e. The van der Waals surface area contributed by atoms with E-state index in [1.54, 1.807) is 0 Å². The molecule has 0 spiro atoms. The monoisotopic (exact) mass is 324 g/mol. The van der Waals surface area contributed by atoms with Gasteiger partial charge in [0, 0.05) is 26.3 Å². The number of carbonyl (C=O) groups excluding carboxylic acids is 1. The van der Waals surface area contributed by atoms with Crippen LogP contribution in [0, 0.1) is 11.8 Å². The van der Waals surface area contributed by atoms with E-state index in [1.807, 2.05) is 0 Å². The third-order valence-electron chi connectivity index (χ3n) is 5.19. The summed E-state index contributed by atoms with van der Waals surface area (Å²) in [6, 6.07) is 0. The fourth-order valence-electron chi connectivity index (χ4n) is 3.78. The van der Waals surface area contributed by atoms with Crippen molar-refractivity contribution in [1.29, 1.82) is 0 Å². The zero-order valence-corrected chi connectivity index (χ0v) is 13.4. The quantitative estimate of drug-likeness (QED) is 0.811. The van der Waals surface area contributed by atoms with Crippen LogP contribution >= 0.6 is 0 Å². The van der Waals surface area contributed by atoms with E-state index in [2.05, 4.69) is 22.0 Å². The molecule has 0 radical (unpaired) electrons. The van der Waals surface area contributed by atoms with Crippen molar-refractivity contribution in [3.8, 4) is 0 Å². The van der Waals surface area contributed by atoms with Crippen molar-refractivity contribution in [2.75, 3.05) is 26.3 Å². The minimum atomic E-state index is -0.694. The zero-order valence-electron chi connectivity index (χ0n) is 13.4. The molecule has 0 bridgehead atoms. The van der Waals surface area contributed by atoms with Crippen LogP contribution in [0.3, 0.4) is 0 Å². The molecule has 8 nitrogen and oxygen atoms in total. The fourth-order valence-corrected chi connectivity index (χ4v) is 3.78. The van der Waals surface area contributed by atoms with Gasteiger partial charge < -0.3 is 20.1 Å². The highest BCUT2D eigenvalue weighted by Gasteiger charge is 2.45. The number of ether oxygens (including phenoxy) is 1. The molecule has 0 saturated carbocycles. The molecule has 2 atom stereocenters. The molecule has 3 N–H and O–H groups in total. The number of likely N-dealkylation sites (tertiary alicyclic amines) is 1. The second kappa shape index (κ2) is 6.54. The second-order valence-electron chi connectivity index (χ2n) is 6.64. The van der Waals surface area contributed by atoms with Gasteiger partial charge in [0.2, 0.25) is 5.89 Å². The minimum Gasteiger partial charge on any atom is -0.389 e. The van der Waals surface area contributed by atoms with Gasteiger partial charge in [-0.15, -0.1) is 0 Å². The molecule has 1 amide bonds. The normalized spacial score (nSPS) is 30.4. The third kappa shape index (κ3) is 3.39. The van der Waals surface area contributed by atoms with Gasteiger partial charge in [-0.2, -0.15) is 4.98 Å². The van der Waals surface area contributed by atoms with Crippen LogP contribution in [-0.2, 0) is 11.3 Å². The summed E-state index contributed by atoms with van der Waals surface area (Å²) in [5.74, 6) is 0.0448. The lowest BCUT2D eigenvalue weighted by molar-refractivity contribution is -0.132. The highest BCUT2D eigenvalue weighted by atomic mass is 16.5. The Bertz CT molecular complexity index is 557. The molecule has 2 fully saturated rings. The summed E-state index contributed by atoms with van der Waals surface area (Å²) < 4.78 is 10.5. The molecule has 0 aromatic carbocycles. The summed E-state index contributed by atoms with van der Waals surface area (Å²) >= 11 is 0. The van der Waals surface area contributed by atoms with E-state index in [1.165, 1.54) is 0 Å². The summed E-state index contributed by atoms with van der Waals surface area (Å²) in [5, 5.41) is 14.7. The van der Waals surface area contributed by atoms with Gasteiger partial charge in [0.15, 0.2) is 0 Å². The molecule has 128 valence electrons. The summed E-state index contributed by atoms with van der Waals surface area (Å²) in [5.41, 5.74) is 4.49. The predicted molar refractivity (Wildman–Crippen MR) is 80.4 cm³/mol. The molecule has 8 heteroatoms. The van der Waals surface area contributed by atoms with E-state index < -0.39 is 11.5 Å². The standard InChI is InChI=1S/C15H24N4O4/c1-10-8-19(9-12-17-14(13(16)20)18-23-12)5-4-15(10,21)11-2-6-22-7-3-11/h10-11,21H,2-9H2,1H3,(H2,16,20)/t10-,15+/m1/s1. The molecule has 3 heterocycles. The number of hydrogen-bond acceptors (Lipinski definition) is 7. The number of hydrogen-bond donors (Lipinski definition) is 2. The van der Waals surface area contributed by atoms with E-state index in [4.69, 9.17) is 15.0 Å². The first-order chi connectivity index (χ1) is 11.0. The predicted octanol–water partition coefficient (Wildman–Crippen LogP) is 0.168. The topological polar surface area (TPSA) is 115 Å². The minimum absolute atomic E-state index is 0.0937. The number of amides is 1. The van der Waals surface area contributed by atoms with E-state index in [0.717, 1.165) is 45.6 Å². The zero-order chi connectivity index (χ0) is 16.4.